The first-order valence-electron chi connectivity index (χ1n) is 6.82. The summed E-state index contributed by atoms with van der Waals surface area (Å²) in [6.07, 6.45) is 2.54. The summed E-state index contributed by atoms with van der Waals surface area (Å²) in [5, 5.41) is 13.1. The van der Waals surface area contributed by atoms with E-state index in [2.05, 4.69) is 31.3 Å². The first-order chi connectivity index (χ1) is 8.65. The van der Waals surface area contributed by atoms with Gasteiger partial charge in [0, 0.05) is 12.6 Å². The van der Waals surface area contributed by atoms with Crippen molar-refractivity contribution in [3.8, 4) is 5.75 Å². The molecule has 0 aromatic heterocycles. The first kappa shape index (κ1) is 13.4. The third-order valence-corrected chi connectivity index (χ3v) is 3.32. The second-order valence-corrected chi connectivity index (χ2v) is 5.34. The Kier molecular flexibility index (Phi) is 4.61. The SMILES string of the molecule is CC(C)NCc1cccc(OC2CCCC2O)c1. The van der Waals surface area contributed by atoms with Crippen LogP contribution in [-0.2, 0) is 6.54 Å². The highest BCUT2D eigenvalue weighted by atomic mass is 16.5. The Morgan fingerprint density at radius 1 is 1.39 bits per heavy atom. The summed E-state index contributed by atoms with van der Waals surface area (Å²) in [5.41, 5.74) is 1.22. The number of nitrogens with one attached hydrogen (secondary N) is 1. The van der Waals surface area contributed by atoms with Crippen LogP contribution < -0.4 is 10.1 Å². The molecule has 3 nitrogen and oxygen atoms in total. The summed E-state index contributed by atoms with van der Waals surface area (Å²) in [6, 6.07) is 8.59. The summed E-state index contributed by atoms with van der Waals surface area (Å²) >= 11 is 0. The molecular formula is C15H23NO2. The van der Waals surface area contributed by atoms with E-state index in [1.54, 1.807) is 0 Å². The molecule has 18 heavy (non-hydrogen) atoms. The van der Waals surface area contributed by atoms with Gasteiger partial charge in [-0.15, -0.1) is 0 Å². The summed E-state index contributed by atoms with van der Waals surface area (Å²) in [4.78, 5) is 0. The Morgan fingerprint density at radius 3 is 2.89 bits per heavy atom. The Bertz CT molecular complexity index is 379. The topological polar surface area (TPSA) is 41.5 Å². The van der Waals surface area contributed by atoms with Gasteiger partial charge in [0.05, 0.1) is 6.10 Å². The van der Waals surface area contributed by atoms with E-state index >= 15 is 0 Å². The molecule has 100 valence electrons. The van der Waals surface area contributed by atoms with E-state index in [4.69, 9.17) is 4.74 Å². The molecule has 2 unspecified atom stereocenters. The lowest BCUT2D eigenvalue weighted by Gasteiger charge is -2.17. The van der Waals surface area contributed by atoms with Crippen molar-refractivity contribution in [3.63, 3.8) is 0 Å². The quantitative estimate of drug-likeness (QED) is 0.842. The van der Waals surface area contributed by atoms with E-state index in [0.29, 0.717) is 6.04 Å². The Morgan fingerprint density at radius 2 is 2.22 bits per heavy atom. The molecule has 3 heteroatoms. The molecule has 1 aromatic carbocycles. The summed E-state index contributed by atoms with van der Waals surface area (Å²) < 4.78 is 5.86. The predicted octanol–water partition coefficient (Wildman–Crippen LogP) is 2.48. The molecular weight excluding hydrogens is 226 g/mol. The maximum atomic E-state index is 9.76. The molecule has 1 aliphatic carbocycles. The molecule has 2 atom stereocenters. The van der Waals surface area contributed by atoms with Gasteiger partial charge in [0.1, 0.15) is 11.9 Å². The zero-order valence-corrected chi connectivity index (χ0v) is 11.2. The molecule has 0 aliphatic heterocycles. The van der Waals surface area contributed by atoms with Crippen molar-refractivity contribution >= 4 is 0 Å². The Labute approximate surface area is 109 Å². The van der Waals surface area contributed by atoms with Gasteiger partial charge in [-0.25, -0.2) is 0 Å². The van der Waals surface area contributed by atoms with Gasteiger partial charge in [-0.3, -0.25) is 0 Å². The van der Waals surface area contributed by atoms with Gasteiger partial charge in [-0.05, 0) is 37.0 Å². The minimum absolute atomic E-state index is 0.0293. The summed E-state index contributed by atoms with van der Waals surface area (Å²) in [7, 11) is 0. The van der Waals surface area contributed by atoms with Gasteiger partial charge in [0.25, 0.3) is 0 Å². The standard InChI is InChI=1S/C15H23NO2/c1-11(2)16-10-12-5-3-6-13(9-12)18-15-8-4-7-14(15)17/h3,5-6,9,11,14-17H,4,7-8,10H2,1-2H3. The smallest absolute Gasteiger partial charge is 0.124 e. The number of rotatable bonds is 5. The Balaban J connectivity index is 1.94. The third kappa shape index (κ3) is 3.72. The number of aliphatic hydroxyl groups is 1. The second-order valence-electron chi connectivity index (χ2n) is 5.34. The van der Waals surface area contributed by atoms with Crippen molar-refractivity contribution in [2.24, 2.45) is 0 Å². The molecule has 0 spiro atoms. The molecule has 1 aliphatic rings. The lowest BCUT2D eigenvalue weighted by molar-refractivity contribution is 0.0603. The van der Waals surface area contributed by atoms with E-state index in [9.17, 15) is 5.11 Å². The van der Waals surface area contributed by atoms with Gasteiger partial charge >= 0.3 is 0 Å². The van der Waals surface area contributed by atoms with Gasteiger partial charge < -0.3 is 15.2 Å². The maximum absolute atomic E-state index is 9.76. The monoisotopic (exact) mass is 249 g/mol. The number of ether oxygens (including phenoxy) is 1. The van der Waals surface area contributed by atoms with Crippen LogP contribution in [0.5, 0.6) is 5.75 Å². The molecule has 1 saturated carbocycles. The van der Waals surface area contributed by atoms with Crippen LogP contribution in [-0.4, -0.2) is 23.4 Å². The molecule has 0 radical (unpaired) electrons. The highest BCUT2D eigenvalue weighted by Gasteiger charge is 2.26. The molecule has 0 saturated heterocycles. The molecule has 2 N–H and O–H groups in total. The van der Waals surface area contributed by atoms with Crippen LogP contribution >= 0.6 is 0 Å². The third-order valence-electron chi connectivity index (χ3n) is 3.32. The van der Waals surface area contributed by atoms with Gasteiger partial charge in [0.2, 0.25) is 0 Å². The average molecular weight is 249 g/mol. The highest BCUT2D eigenvalue weighted by Crippen LogP contribution is 2.25. The number of benzene rings is 1. The van der Waals surface area contributed by atoms with E-state index in [1.807, 2.05) is 12.1 Å². The largest absolute Gasteiger partial charge is 0.488 e. The van der Waals surface area contributed by atoms with Crippen molar-refractivity contribution in [3.05, 3.63) is 29.8 Å². The van der Waals surface area contributed by atoms with Crippen molar-refractivity contribution < 1.29 is 9.84 Å². The van der Waals surface area contributed by atoms with Gasteiger partial charge in [-0.1, -0.05) is 26.0 Å². The maximum Gasteiger partial charge on any atom is 0.124 e. The van der Waals surface area contributed by atoms with E-state index < -0.39 is 0 Å². The van der Waals surface area contributed by atoms with Crippen molar-refractivity contribution in [2.45, 2.75) is 57.9 Å². The van der Waals surface area contributed by atoms with Crippen LogP contribution in [0.15, 0.2) is 24.3 Å². The lowest BCUT2D eigenvalue weighted by Crippen LogP contribution is -2.25. The zero-order valence-electron chi connectivity index (χ0n) is 11.2. The molecule has 1 fully saturated rings. The normalized spacial score (nSPS) is 23.6. The first-order valence-corrected chi connectivity index (χ1v) is 6.82. The minimum atomic E-state index is -0.303. The lowest BCUT2D eigenvalue weighted by atomic mass is 10.2. The molecule has 1 aromatic rings. The van der Waals surface area contributed by atoms with Crippen molar-refractivity contribution in [1.82, 2.24) is 5.32 Å². The fraction of sp³-hybridized carbons (Fsp3) is 0.600. The van der Waals surface area contributed by atoms with Crippen LogP contribution in [0, 0.1) is 0 Å². The highest BCUT2D eigenvalue weighted by molar-refractivity contribution is 5.28. The van der Waals surface area contributed by atoms with Crippen LogP contribution in [0.3, 0.4) is 0 Å². The molecule has 0 amide bonds. The number of aliphatic hydroxyl groups excluding tert-OH is 1. The van der Waals surface area contributed by atoms with E-state index in [-0.39, 0.29) is 12.2 Å². The van der Waals surface area contributed by atoms with Gasteiger partial charge in [-0.2, -0.15) is 0 Å². The molecule has 0 bridgehead atoms. The summed E-state index contributed by atoms with van der Waals surface area (Å²) in [6.45, 7) is 5.12. The molecule has 0 heterocycles. The second kappa shape index (κ2) is 6.21. The minimum Gasteiger partial charge on any atom is -0.488 e. The van der Waals surface area contributed by atoms with Crippen molar-refractivity contribution in [1.29, 1.82) is 0 Å². The van der Waals surface area contributed by atoms with Crippen LogP contribution in [0.25, 0.3) is 0 Å². The fourth-order valence-corrected chi connectivity index (χ4v) is 2.27. The average Bonchev–Trinajstić information content (AvgIpc) is 2.73. The molecule has 2 rings (SSSR count). The van der Waals surface area contributed by atoms with E-state index in [1.165, 1.54) is 5.56 Å². The zero-order chi connectivity index (χ0) is 13.0. The van der Waals surface area contributed by atoms with Crippen LogP contribution in [0.4, 0.5) is 0 Å². The number of hydrogen-bond acceptors (Lipinski definition) is 3. The fourth-order valence-electron chi connectivity index (χ4n) is 2.27. The Hall–Kier alpha value is -1.06. The summed E-state index contributed by atoms with van der Waals surface area (Å²) in [5.74, 6) is 0.865. The number of hydrogen-bond donors (Lipinski definition) is 2. The van der Waals surface area contributed by atoms with Crippen molar-refractivity contribution in [2.75, 3.05) is 0 Å². The van der Waals surface area contributed by atoms with Gasteiger partial charge in [0.15, 0.2) is 0 Å². The van der Waals surface area contributed by atoms with Crippen LogP contribution in [0.1, 0.15) is 38.7 Å². The predicted molar refractivity (Wildman–Crippen MR) is 72.7 cm³/mol. The van der Waals surface area contributed by atoms with Crippen LogP contribution in [0.2, 0.25) is 0 Å². The van der Waals surface area contributed by atoms with E-state index in [0.717, 1.165) is 31.6 Å².